The van der Waals surface area contributed by atoms with Crippen LogP contribution in [-0.2, 0) is 9.59 Å². The van der Waals surface area contributed by atoms with Gasteiger partial charge in [0.25, 0.3) is 5.91 Å². The summed E-state index contributed by atoms with van der Waals surface area (Å²) in [5.74, 6) is -2.86. The van der Waals surface area contributed by atoms with E-state index in [0.717, 1.165) is 6.08 Å². The van der Waals surface area contributed by atoms with Crippen LogP contribution in [0.15, 0.2) is 60.7 Å². The summed E-state index contributed by atoms with van der Waals surface area (Å²) in [6.07, 6.45) is 1.54. The van der Waals surface area contributed by atoms with Gasteiger partial charge >= 0.3 is 5.97 Å². The van der Waals surface area contributed by atoms with Crippen LogP contribution in [0, 0.1) is 5.82 Å². The molecule has 0 saturated heterocycles. The normalized spacial score (nSPS) is 10.4. The fraction of sp³-hybridized carbons (Fsp3) is 0. The molecule has 0 saturated carbocycles. The molecule has 2 amide bonds. The third-order valence-electron chi connectivity index (χ3n) is 2.91. The number of hydrogen-bond acceptors (Lipinski definition) is 3. The largest absolute Gasteiger partial charge is 0.478 e. The van der Waals surface area contributed by atoms with Crippen molar-refractivity contribution >= 4 is 29.2 Å². The Balaban J connectivity index is 2.15. The van der Waals surface area contributed by atoms with E-state index in [1.165, 1.54) is 36.4 Å². The van der Waals surface area contributed by atoms with Gasteiger partial charge in [-0.05, 0) is 36.4 Å². The Morgan fingerprint density at radius 1 is 0.917 bits per heavy atom. The standard InChI is InChI=1S/C17H13FN2O4/c18-11-5-7-12(8-6-11)19-17(24)13-3-1-2-4-14(13)20-15(21)9-10-16(22)23/h1-10H,(H,19,24)(H,20,21)(H,22,23)/b10-9+. The molecular formula is C17H13FN2O4. The van der Waals surface area contributed by atoms with Gasteiger partial charge in [-0.25, -0.2) is 9.18 Å². The Bertz CT molecular complexity index is 800. The van der Waals surface area contributed by atoms with Gasteiger partial charge in [0.2, 0.25) is 5.91 Å². The highest BCUT2D eigenvalue weighted by atomic mass is 19.1. The van der Waals surface area contributed by atoms with Gasteiger partial charge in [0, 0.05) is 17.8 Å². The third kappa shape index (κ3) is 4.77. The highest BCUT2D eigenvalue weighted by Gasteiger charge is 2.12. The van der Waals surface area contributed by atoms with E-state index in [9.17, 15) is 18.8 Å². The summed E-state index contributed by atoms with van der Waals surface area (Å²) >= 11 is 0. The average molecular weight is 328 g/mol. The number of rotatable bonds is 5. The molecule has 122 valence electrons. The average Bonchev–Trinajstić information content (AvgIpc) is 2.55. The van der Waals surface area contributed by atoms with Crippen LogP contribution in [0.5, 0.6) is 0 Å². The van der Waals surface area contributed by atoms with Crippen LogP contribution in [0.25, 0.3) is 0 Å². The Kier molecular flexibility index (Phi) is 5.40. The SMILES string of the molecule is O=C(O)/C=C/C(=O)Nc1ccccc1C(=O)Nc1ccc(F)cc1. The van der Waals surface area contributed by atoms with Crippen molar-refractivity contribution in [3.05, 3.63) is 72.1 Å². The van der Waals surface area contributed by atoms with Crippen LogP contribution in [0.4, 0.5) is 15.8 Å². The smallest absolute Gasteiger partial charge is 0.328 e. The molecule has 0 bridgehead atoms. The molecule has 0 aliphatic rings. The van der Waals surface area contributed by atoms with Gasteiger partial charge in [0.15, 0.2) is 0 Å². The topological polar surface area (TPSA) is 95.5 Å². The zero-order valence-electron chi connectivity index (χ0n) is 12.3. The van der Waals surface area contributed by atoms with Gasteiger partial charge in [-0.15, -0.1) is 0 Å². The van der Waals surface area contributed by atoms with Crippen LogP contribution < -0.4 is 10.6 Å². The molecule has 2 rings (SSSR count). The minimum atomic E-state index is -1.26. The number of carboxylic acid groups (broad SMARTS) is 1. The molecule has 24 heavy (non-hydrogen) atoms. The number of aliphatic carboxylic acids is 1. The number of carboxylic acids is 1. The molecule has 0 spiro atoms. The Labute approximate surface area is 136 Å². The Morgan fingerprint density at radius 2 is 1.58 bits per heavy atom. The maximum atomic E-state index is 12.9. The summed E-state index contributed by atoms with van der Waals surface area (Å²) in [5, 5.41) is 13.5. The number of nitrogens with one attached hydrogen (secondary N) is 2. The highest BCUT2D eigenvalue weighted by molar-refractivity contribution is 6.11. The number of carbonyl (C=O) groups excluding carboxylic acids is 2. The van der Waals surface area contributed by atoms with Gasteiger partial charge in [-0.2, -0.15) is 0 Å². The number of para-hydroxylation sites is 1. The second-order valence-corrected chi connectivity index (χ2v) is 4.67. The highest BCUT2D eigenvalue weighted by Crippen LogP contribution is 2.17. The first-order valence-corrected chi connectivity index (χ1v) is 6.83. The molecule has 0 aliphatic heterocycles. The van der Waals surface area contributed by atoms with Crippen LogP contribution >= 0.6 is 0 Å². The molecule has 0 atom stereocenters. The lowest BCUT2D eigenvalue weighted by atomic mass is 10.1. The number of carbonyl (C=O) groups is 3. The lowest BCUT2D eigenvalue weighted by Gasteiger charge is -2.10. The zero-order chi connectivity index (χ0) is 17.5. The van der Waals surface area contributed by atoms with E-state index in [2.05, 4.69) is 10.6 Å². The van der Waals surface area contributed by atoms with Gasteiger partial charge in [0.1, 0.15) is 5.82 Å². The van der Waals surface area contributed by atoms with Gasteiger partial charge in [-0.3, -0.25) is 9.59 Å². The summed E-state index contributed by atoms with van der Waals surface area (Å²) in [6.45, 7) is 0. The van der Waals surface area contributed by atoms with Gasteiger partial charge < -0.3 is 15.7 Å². The Morgan fingerprint density at radius 3 is 2.25 bits per heavy atom. The number of hydrogen-bond donors (Lipinski definition) is 3. The molecule has 0 radical (unpaired) electrons. The van der Waals surface area contributed by atoms with E-state index in [1.807, 2.05) is 0 Å². The number of anilines is 2. The molecule has 0 fully saturated rings. The van der Waals surface area contributed by atoms with Crippen molar-refractivity contribution in [2.24, 2.45) is 0 Å². The monoisotopic (exact) mass is 328 g/mol. The number of amides is 2. The zero-order valence-corrected chi connectivity index (χ0v) is 12.3. The van der Waals surface area contributed by atoms with Crippen molar-refractivity contribution in [3.8, 4) is 0 Å². The third-order valence-corrected chi connectivity index (χ3v) is 2.91. The first kappa shape index (κ1) is 16.9. The Hall–Kier alpha value is -3.48. The predicted molar refractivity (Wildman–Crippen MR) is 86.2 cm³/mol. The van der Waals surface area contributed by atoms with Crippen LogP contribution in [0.3, 0.4) is 0 Å². The molecule has 0 heterocycles. The summed E-state index contributed by atoms with van der Waals surface area (Å²) in [7, 11) is 0. The van der Waals surface area contributed by atoms with E-state index < -0.39 is 23.6 Å². The molecule has 0 unspecified atom stereocenters. The van der Waals surface area contributed by atoms with Crippen molar-refractivity contribution in [1.29, 1.82) is 0 Å². The fourth-order valence-electron chi connectivity index (χ4n) is 1.84. The molecule has 2 aromatic rings. The van der Waals surface area contributed by atoms with Crippen LogP contribution in [0.1, 0.15) is 10.4 Å². The second kappa shape index (κ2) is 7.68. The quantitative estimate of drug-likeness (QED) is 0.735. The van der Waals surface area contributed by atoms with E-state index in [0.29, 0.717) is 11.8 Å². The van der Waals surface area contributed by atoms with E-state index >= 15 is 0 Å². The minimum absolute atomic E-state index is 0.180. The molecule has 0 aliphatic carbocycles. The molecular weight excluding hydrogens is 315 g/mol. The van der Waals surface area contributed by atoms with Gasteiger partial charge in [-0.1, -0.05) is 12.1 Å². The summed E-state index contributed by atoms with van der Waals surface area (Å²) in [5.41, 5.74) is 0.796. The van der Waals surface area contributed by atoms with Crippen LogP contribution in [-0.4, -0.2) is 22.9 Å². The molecule has 6 nitrogen and oxygen atoms in total. The molecule has 0 aromatic heterocycles. The van der Waals surface area contributed by atoms with E-state index in [4.69, 9.17) is 5.11 Å². The predicted octanol–water partition coefficient (Wildman–Crippen LogP) is 2.66. The van der Waals surface area contributed by atoms with E-state index in [1.54, 1.807) is 12.1 Å². The fourth-order valence-corrected chi connectivity index (χ4v) is 1.84. The van der Waals surface area contributed by atoms with E-state index in [-0.39, 0.29) is 11.3 Å². The molecule has 7 heteroatoms. The first-order chi connectivity index (χ1) is 11.5. The number of benzene rings is 2. The second-order valence-electron chi connectivity index (χ2n) is 4.67. The van der Waals surface area contributed by atoms with Crippen molar-refractivity contribution in [1.82, 2.24) is 0 Å². The molecule has 3 N–H and O–H groups in total. The van der Waals surface area contributed by atoms with Crippen molar-refractivity contribution in [2.45, 2.75) is 0 Å². The lowest BCUT2D eigenvalue weighted by Crippen LogP contribution is -2.17. The lowest BCUT2D eigenvalue weighted by molar-refractivity contribution is -0.131. The maximum absolute atomic E-state index is 12.9. The summed E-state index contributed by atoms with van der Waals surface area (Å²) in [6, 6.07) is 11.5. The maximum Gasteiger partial charge on any atom is 0.328 e. The summed E-state index contributed by atoms with van der Waals surface area (Å²) in [4.78, 5) is 34.4. The number of halogens is 1. The molecule has 2 aromatic carbocycles. The van der Waals surface area contributed by atoms with Crippen molar-refractivity contribution in [3.63, 3.8) is 0 Å². The minimum Gasteiger partial charge on any atom is -0.478 e. The van der Waals surface area contributed by atoms with Crippen LogP contribution in [0.2, 0.25) is 0 Å². The van der Waals surface area contributed by atoms with Crippen molar-refractivity contribution < 1.29 is 23.9 Å². The summed E-state index contributed by atoms with van der Waals surface area (Å²) < 4.78 is 12.9. The van der Waals surface area contributed by atoms with Gasteiger partial charge in [0.05, 0.1) is 11.3 Å². The first-order valence-electron chi connectivity index (χ1n) is 6.83. The van der Waals surface area contributed by atoms with Crippen molar-refractivity contribution in [2.75, 3.05) is 10.6 Å².